The maximum absolute atomic E-state index is 12.6. The number of aromatic nitrogens is 2. The Labute approximate surface area is 111 Å². The molecule has 0 saturated carbocycles. The highest BCUT2D eigenvalue weighted by Crippen LogP contribution is 2.38. The molecule has 0 fully saturated rings. The zero-order valence-corrected chi connectivity index (χ0v) is 10.6. The third kappa shape index (κ3) is 1.47. The van der Waals surface area contributed by atoms with Crippen LogP contribution in [0.25, 0.3) is 11.3 Å². The van der Waals surface area contributed by atoms with Gasteiger partial charge >= 0.3 is 0 Å². The summed E-state index contributed by atoms with van der Waals surface area (Å²) in [6.07, 6.45) is 5.44. The third-order valence-electron chi connectivity index (χ3n) is 4.15. The molecule has 3 heteroatoms. The number of fused-ring (bicyclic) bond motifs is 5. The number of rotatable bonds is 0. The first-order valence-corrected chi connectivity index (χ1v) is 6.89. The van der Waals surface area contributed by atoms with Crippen molar-refractivity contribution in [2.75, 3.05) is 0 Å². The van der Waals surface area contributed by atoms with Crippen molar-refractivity contribution in [3.63, 3.8) is 0 Å². The maximum atomic E-state index is 12.6. The monoisotopic (exact) mass is 250 g/mol. The summed E-state index contributed by atoms with van der Waals surface area (Å²) < 4.78 is 0. The van der Waals surface area contributed by atoms with Gasteiger partial charge in [-0.05, 0) is 31.2 Å². The standard InChI is InChI=1S/C16H14N2O/c19-16-11-7-5-4-6-10(11)15-14(16)12-8-2-1-3-9-13(12)17-18-15/h4-7H,1-3,8-9H2. The summed E-state index contributed by atoms with van der Waals surface area (Å²) in [5.74, 6) is 0.138. The van der Waals surface area contributed by atoms with Gasteiger partial charge in [-0.15, -0.1) is 5.10 Å². The van der Waals surface area contributed by atoms with Crippen molar-refractivity contribution in [1.29, 1.82) is 0 Å². The van der Waals surface area contributed by atoms with Crippen LogP contribution in [0.3, 0.4) is 0 Å². The molecule has 0 saturated heterocycles. The molecule has 2 aliphatic rings. The van der Waals surface area contributed by atoms with Gasteiger partial charge in [-0.2, -0.15) is 5.10 Å². The lowest BCUT2D eigenvalue weighted by Crippen LogP contribution is -2.07. The quantitative estimate of drug-likeness (QED) is 0.576. The second-order valence-electron chi connectivity index (χ2n) is 5.28. The molecule has 0 radical (unpaired) electrons. The molecular weight excluding hydrogens is 236 g/mol. The minimum atomic E-state index is 0.138. The van der Waals surface area contributed by atoms with Gasteiger partial charge in [0.2, 0.25) is 0 Å². The Morgan fingerprint density at radius 2 is 1.68 bits per heavy atom. The van der Waals surface area contributed by atoms with Crippen LogP contribution in [-0.4, -0.2) is 16.0 Å². The normalized spacial score (nSPS) is 16.5. The molecule has 0 aliphatic heterocycles. The first-order chi connectivity index (χ1) is 9.36. The van der Waals surface area contributed by atoms with Crippen LogP contribution < -0.4 is 0 Å². The van der Waals surface area contributed by atoms with Gasteiger partial charge in [0, 0.05) is 11.1 Å². The van der Waals surface area contributed by atoms with Gasteiger partial charge in [0.1, 0.15) is 5.69 Å². The van der Waals surface area contributed by atoms with E-state index in [1.54, 1.807) is 0 Å². The molecule has 4 rings (SSSR count). The fourth-order valence-electron chi connectivity index (χ4n) is 3.20. The van der Waals surface area contributed by atoms with Gasteiger partial charge in [-0.1, -0.05) is 30.7 Å². The van der Waals surface area contributed by atoms with Crippen molar-refractivity contribution in [3.05, 3.63) is 46.6 Å². The zero-order chi connectivity index (χ0) is 12.8. The van der Waals surface area contributed by atoms with Crippen molar-refractivity contribution in [3.8, 4) is 11.3 Å². The SMILES string of the molecule is O=C1c2ccccc2-c2nnc3c(c21)CCCCC3. The number of carbonyl (C=O) groups is 1. The van der Waals surface area contributed by atoms with Crippen molar-refractivity contribution in [2.24, 2.45) is 0 Å². The fourth-order valence-corrected chi connectivity index (χ4v) is 3.20. The molecule has 0 atom stereocenters. The summed E-state index contributed by atoms with van der Waals surface area (Å²) in [4.78, 5) is 12.6. The zero-order valence-electron chi connectivity index (χ0n) is 10.6. The van der Waals surface area contributed by atoms with E-state index in [-0.39, 0.29) is 5.78 Å². The lowest BCUT2D eigenvalue weighted by Gasteiger charge is -2.08. The largest absolute Gasteiger partial charge is 0.288 e. The van der Waals surface area contributed by atoms with Crippen LogP contribution in [0.1, 0.15) is 46.4 Å². The number of aryl methyl sites for hydroxylation is 1. The fraction of sp³-hybridized carbons (Fsp3) is 0.312. The highest BCUT2D eigenvalue weighted by atomic mass is 16.1. The van der Waals surface area contributed by atoms with Crippen molar-refractivity contribution < 1.29 is 4.79 Å². The molecule has 2 aliphatic carbocycles. The van der Waals surface area contributed by atoms with E-state index >= 15 is 0 Å². The highest BCUT2D eigenvalue weighted by molar-refractivity contribution is 6.21. The average molecular weight is 250 g/mol. The first kappa shape index (κ1) is 10.9. The molecule has 1 aromatic carbocycles. The van der Waals surface area contributed by atoms with Crippen LogP contribution in [0.4, 0.5) is 0 Å². The van der Waals surface area contributed by atoms with Gasteiger partial charge < -0.3 is 0 Å². The van der Waals surface area contributed by atoms with E-state index in [1.807, 2.05) is 24.3 Å². The molecule has 0 N–H and O–H groups in total. The predicted octanol–water partition coefficient (Wildman–Crippen LogP) is 2.96. The molecule has 0 bridgehead atoms. The summed E-state index contributed by atoms with van der Waals surface area (Å²) in [7, 11) is 0. The summed E-state index contributed by atoms with van der Waals surface area (Å²) in [5.41, 5.74) is 5.54. The Morgan fingerprint density at radius 1 is 0.895 bits per heavy atom. The van der Waals surface area contributed by atoms with E-state index in [4.69, 9.17) is 0 Å². The van der Waals surface area contributed by atoms with Crippen molar-refractivity contribution >= 4 is 5.78 Å². The van der Waals surface area contributed by atoms with Crippen molar-refractivity contribution in [1.82, 2.24) is 10.2 Å². The smallest absolute Gasteiger partial charge is 0.196 e. The van der Waals surface area contributed by atoms with Gasteiger partial charge in [0.05, 0.1) is 11.3 Å². The summed E-state index contributed by atoms with van der Waals surface area (Å²) in [5, 5.41) is 8.72. The summed E-state index contributed by atoms with van der Waals surface area (Å²) >= 11 is 0. The number of carbonyl (C=O) groups excluding carboxylic acids is 1. The minimum absolute atomic E-state index is 0.138. The molecule has 0 amide bonds. The van der Waals surface area contributed by atoms with Crippen LogP contribution in [0, 0.1) is 0 Å². The van der Waals surface area contributed by atoms with E-state index in [1.165, 1.54) is 6.42 Å². The summed E-state index contributed by atoms with van der Waals surface area (Å²) in [6, 6.07) is 7.72. The second kappa shape index (κ2) is 3.98. The van der Waals surface area contributed by atoms with Crippen LogP contribution in [0.15, 0.2) is 24.3 Å². The number of hydrogen-bond donors (Lipinski definition) is 0. The Morgan fingerprint density at radius 3 is 2.58 bits per heavy atom. The Kier molecular flexibility index (Phi) is 2.28. The second-order valence-corrected chi connectivity index (χ2v) is 5.28. The van der Waals surface area contributed by atoms with Crippen LogP contribution in [0.2, 0.25) is 0 Å². The van der Waals surface area contributed by atoms with Crippen molar-refractivity contribution in [2.45, 2.75) is 32.1 Å². The number of hydrogen-bond acceptors (Lipinski definition) is 3. The average Bonchev–Trinajstić information content (AvgIpc) is 2.63. The van der Waals surface area contributed by atoms with E-state index in [9.17, 15) is 4.79 Å². The Hall–Kier alpha value is -2.03. The number of ketones is 1. The molecule has 0 spiro atoms. The molecule has 1 heterocycles. The van der Waals surface area contributed by atoms with Gasteiger partial charge in [0.25, 0.3) is 0 Å². The maximum Gasteiger partial charge on any atom is 0.196 e. The summed E-state index contributed by atoms with van der Waals surface area (Å²) in [6.45, 7) is 0. The van der Waals surface area contributed by atoms with Gasteiger partial charge in [-0.25, -0.2) is 0 Å². The lowest BCUT2D eigenvalue weighted by molar-refractivity contribution is 0.104. The van der Waals surface area contributed by atoms with Crippen LogP contribution >= 0.6 is 0 Å². The molecule has 3 nitrogen and oxygen atoms in total. The minimum Gasteiger partial charge on any atom is -0.288 e. The van der Waals surface area contributed by atoms with E-state index in [0.29, 0.717) is 0 Å². The number of nitrogens with zero attached hydrogens (tertiary/aromatic N) is 2. The number of benzene rings is 1. The van der Waals surface area contributed by atoms with Crippen LogP contribution in [0.5, 0.6) is 0 Å². The lowest BCUT2D eigenvalue weighted by atomic mass is 10.00. The predicted molar refractivity (Wildman–Crippen MR) is 72.2 cm³/mol. The molecule has 94 valence electrons. The molecule has 1 aromatic heterocycles. The van der Waals surface area contributed by atoms with Gasteiger partial charge in [-0.3, -0.25) is 4.79 Å². The third-order valence-corrected chi connectivity index (χ3v) is 4.15. The first-order valence-electron chi connectivity index (χ1n) is 6.89. The highest BCUT2D eigenvalue weighted by Gasteiger charge is 2.32. The molecule has 19 heavy (non-hydrogen) atoms. The topological polar surface area (TPSA) is 42.9 Å². The molecule has 0 unspecified atom stereocenters. The van der Waals surface area contributed by atoms with E-state index < -0.39 is 0 Å². The Balaban J connectivity index is 2.00. The molecular formula is C16H14N2O. The van der Waals surface area contributed by atoms with Crippen LogP contribution in [-0.2, 0) is 12.8 Å². The van der Waals surface area contributed by atoms with Gasteiger partial charge in [0.15, 0.2) is 5.78 Å². The van der Waals surface area contributed by atoms with E-state index in [0.717, 1.165) is 59.3 Å². The van der Waals surface area contributed by atoms with E-state index in [2.05, 4.69) is 10.2 Å². The Bertz CT molecular complexity index is 691. The molecule has 2 aromatic rings.